The number of fused-ring (bicyclic) bond motifs is 2. The molecule has 2 aromatic heterocycles. The molecule has 7 heteroatoms. The van der Waals surface area contributed by atoms with Gasteiger partial charge in [0.1, 0.15) is 0 Å². The minimum atomic E-state index is -0.555. The molecule has 2 heterocycles. The standard InChI is InChI=1S/C25H26N2O5/c1-14(11-16-13-26-20-8-6-5-7-18(16)20)27-22(28)12-19-15(2)17-9-10-21(30-3)24(31-4)23(17)32-25(19)29/h5-10,13-14,26H,11-12H2,1-4H3,(H,27,28). The first kappa shape index (κ1) is 21.5. The van der Waals surface area contributed by atoms with Crippen molar-refractivity contribution in [1.29, 1.82) is 0 Å². The number of hydrogen-bond acceptors (Lipinski definition) is 5. The summed E-state index contributed by atoms with van der Waals surface area (Å²) in [4.78, 5) is 28.7. The Labute approximate surface area is 185 Å². The van der Waals surface area contributed by atoms with Crippen LogP contribution in [0.4, 0.5) is 0 Å². The monoisotopic (exact) mass is 434 g/mol. The van der Waals surface area contributed by atoms with Gasteiger partial charge in [-0.1, -0.05) is 18.2 Å². The molecule has 1 atom stereocenters. The highest BCUT2D eigenvalue weighted by molar-refractivity contribution is 5.90. The third kappa shape index (κ3) is 3.93. The van der Waals surface area contributed by atoms with Gasteiger partial charge in [0.15, 0.2) is 11.3 Å². The summed E-state index contributed by atoms with van der Waals surface area (Å²) in [5.41, 5.74) is 2.98. The number of ether oxygens (including phenoxy) is 2. The number of aryl methyl sites for hydroxylation is 1. The van der Waals surface area contributed by atoms with E-state index in [2.05, 4.69) is 16.4 Å². The maximum atomic E-state index is 12.7. The predicted molar refractivity (Wildman–Crippen MR) is 124 cm³/mol. The van der Waals surface area contributed by atoms with Crippen molar-refractivity contribution in [3.05, 3.63) is 69.7 Å². The molecule has 166 valence electrons. The zero-order valence-corrected chi connectivity index (χ0v) is 18.6. The number of carbonyl (C=O) groups excluding carboxylic acids is 1. The number of para-hydroxylation sites is 1. The lowest BCUT2D eigenvalue weighted by Gasteiger charge is -2.15. The first-order valence-electron chi connectivity index (χ1n) is 10.4. The van der Waals surface area contributed by atoms with Crippen LogP contribution in [-0.2, 0) is 17.6 Å². The molecular formula is C25H26N2O5. The number of carbonyl (C=O) groups is 1. The molecule has 4 aromatic rings. The van der Waals surface area contributed by atoms with Gasteiger partial charge in [0.2, 0.25) is 11.7 Å². The molecule has 0 spiro atoms. The third-order valence-electron chi connectivity index (χ3n) is 5.74. The molecule has 0 saturated carbocycles. The summed E-state index contributed by atoms with van der Waals surface area (Å²) in [5.74, 6) is 0.597. The molecule has 1 amide bonds. The molecule has 0 fully saturated rings. The van der Waals surface area contributed by atoms with Crippen molar-refractivity contribution in [1.82, 2.24) is 10.3 Å². The number of amides is 1. The summed E-state index contributed by atoms with van der Waals surface area (Å²) in [6.07, 6.45) is 2.59. The van der Waals surface area contributed by atoms with Crippen molar-refractivity contribution in [2.75, 3.05) is 14.2 Å². The van der Waals surface area contributed by atoms with Gasteiger partial charge in [-0.2, -0.15) is 0 Å². The van der Waals surface area contributed by atoms with Gasteiger partial charge in [-0.15, -0.1) is 0 Å². The molecular weight excluding hydrogens is 408 g/mol. The summed E-state index contributed by atoms with van der Waals surface area (Å²) in [7, 11) is 3.01. The summed E-state index contributed by atoms with van der Waals surface area (Å²) in [6.45, 7) is 3.76. The Balaban J connectivity index is 1.53. The van der Waals surface area contributed by atoms with Crippen LogP contribution < -0.4 is 20.4 Å². The van der Waals surface area contributed by atoms with E-state index in [4.69, 9.17) is 13.9 Å². The fourth-order valence-electron chi connectivity index (χ4n) is 4.14. The molecule has 0 aliphatic heterocycles. The molecule has 0 aliphatic carbocycles. The number of aromatic nitrogens is 1. The second-order valence-electron chi connectivity index (χ2n) is 7.88. The second kappa shape index (κ2) is 8.78. The summed E-state index contributed by atoms with van der Waals surface area (Å²) < 4.78 is 16.2. The quantitative estimate of drug-likeness (QED) is 0.431. The van der Waals surface area contributed by atoms with Crippen LogP contribution >= 0.6 is 0 Å². The van der Waals surface area contributed by atoms with Gasteiger partial charge in [0.05, 0.1) is 26.2 Å². The molecule has 2 N–H and O–H groups in total. The predicted octanol–water partition coefficient (Wildman–Crippen LogP) is 3.89. The zero-order valence-electron chi connectivity index (χ0n) is 18.6. The topological polar surface area (TPSA) is 93.6 Å². The first-order valence-corrected chi connectivity index (χ1v) is 10.4. The van der Waals surface area contributed by atoms with Gasteiger partial charge in [-0.05, 0) is 49.6 Å². The number of aromatic amines is 1. The normalized spacial score (nSPS) is 12.1. The Kier molecular flexibility index (Phi) is 5.90. The van der Waals surface area contributed by atoms with E-state index >= 15 is 0 Å². The highest BCUT2D eigenvalue weighted by atomic mass is 16.5. The molecule has 0 radical (unpaired) electrons. The Bertz CT molecular complexity index is 1350. The van der Waals surface area contributed by atoms with Gasteiger partial charge in [0, 0.05) is 28.5 Å². The maximum absolute atomic E-state index is 12.7. The van der Waals surface area contributed by atoms with Gasteiger partial charge in [-0.3, -0.25) is 4.79 Å². The van der Waals surface area contributed by atoms with E-state index in [0.29, 0.717) is 40.0 Å². The molecule has 0 saturated heterocycles. The molecule has 32 heavy (non-hydrogen) atoms. The SMILES string of the molecule is COc1ccc2c(C)c(CC(=O)NC(C)Cc3c[nH]c4ccccc34)c(=O)oc2c1OC. The van der Waals surface area contributed by atoms with E-state index < -0.39 is 5.63 Å². The summed E-state index contributed by atoms with van der Waals surface area (Å²) >= 11 is 0. The molecule has 7 nitrogen and oxygen atoms in total. The molecule has 2 aromatic carbocycles. The maximum Gasteiger partial charge on any atom is 0.340 e. The molecule has 0 aliphatic rings. The Morgan fingerprint density at radius 3 is 2.66 bits per heavy atom. The van der Waals surface area contributed by atoms with Crippen LogP contribution in [0.2, 0.25) is 0 Å². The molecule has 1 unspecified atom stereocenters. The van der Waals surface area contributed by atoms with Crippen molar-refractivity contribution >= 4 is 27.8 Å². The molecule has 0 bridgehead atoms. The highest BCUT2D eigenvalue weighted by Gasteiger charge is 2.20. The van der Waals surface area contributed by atoms with E-state index in [1.54, 1.807) is 12.1 Å². The number of rotatable bonds is 7. The van der Waals surface area contributed by atoms with Gasteiger partial charge < -0.3 is 24.2 Å². The van der Waals surface area contributed by atoms with Gasteiger partial charge in [-0.25, -0.2) is 4.79 Å². The smallest absolute Gasteiger partial charge is 0.340 e. The van der Waals surface area contributed by atoms with Crippen LogP contribution in [0.5, 0.6) is 11.5 Å². The average molecular weight is 434 g/mol. The van der Waals surface area contributed by atoms with Crippen molar-refractivity contribution < 1.29 is 18.7 Å². The van der Waals surface area contributed by atoms with Crippen molar-refractivity contribution in [3.63, 3.8) is 0 Å². The van der Waals surface area contributed by atoms with Crippen molar-refractivity contribution in [2.45, 2.75) is 32.7 Å². The number of nitrogens with one attached hydrogen (secondary N) is 2. The minimum absolute atomic E-state index is 0.0589. The van der Waals surface area contributed by atoms with Crippen LogP contribution in [0.1, 0.15) is 23.6 Å². The fraction of sp³-hybridized carbons (Fsp3) is 0.280. The van der Waals surface area contributed by atoms with Crippen LogP contribution in [-0.4, -0.2) is 31.2 Å². The molecule has 4 rings (SSSR count). The van der Waals surface area contributed by atoms with Crippen LogP contribution in [0.3, 0.4) is 0 Å². The number of H-pyrrole nitrogens is 1. The third-order valence-corrected chi connectivity index (χ3v) is 5.74. The van der Waals surface area contributed by atoms with Crippen molar-refractivity contribution in [3.8, 4) is 11.5 Å². The number of hydrogen-bond donors (Lipinski definition) is 2. The Morgan fingerprint density at radius 2 is 1.91 bits per heavy atom. The number of methoxy groups -OCH3 is 2. The number of benzene rings is 2. The minimum Gasteiger partial charge on any atom is -0.493 e. The average Bonchev–Trinajstić information content (AvgIpc) is 3.18. The van der Waals surface area contributed by atoms with E-state index in [1.807, 2.05) is 38.2 Å². The van der Waals surface area contributed by atoms with Crippen LogP contribution in [0, 0.1) is 6.92 Å². The van der Waals surface area contributed by atoms with E-state index in [9.17, 15) is 9.59 Å². The Morgan fingerprint density at radius 1 is 1.12 bits per heavy atom. The van der Waals surface area contributed by atoms with Crippen molar-refractivity contribution in [2.24, 2.45) is 0 Å². The zero-order chi connectivity index (χ0) is 22.8. The first-order chi connectivity index (χ1) is 15.4. The summed E-state index contributed by atoms with van der Waals surface area (Å²) in [5, 5.41) is 4.84. The van der Waals surface area contributed by atoms with E-state index in [-0.39, 0.29) is 18.4 Å². The highest BCUT2D eigenvalue weighted by Crippen LogP contribution is 2.36. The fourth-order valence-corrected chi connectivity index (χ4v) is 4.14. The second-order valence-corrected chi connectivity index (χ2v) is 7.88. The van der Waals surface area contributed by atoms with Gasteiger partial charge in [0.25, 0.3) is 0 Å². The van der Waals surface area contributed by atoms with E-state index in [1.165, 1.54) is 14.2 Å². The lowest BCUT2D eigenvalue weighted by molar-refractivity contribution is -0.121. The van der Waals surface area contributed by atoms with Crippen LogP contribution in [0.15, 0.2) is 51.8 Å². The van der Waals surface area contributed by atoms with Gasteiger partial charge >= 0.3 is 5.63 Å². The lowest BCUT2D eigenvalue weighted by atomic mass is 10.0. The summed E-state index contributed by atoms with van der Waals surface area (Å²) in [6, 6.07) is 11.5. The Hall–Kier alpha value is -3.74. The van der Waals surface area contributed by atoms with E-state index in [0.717, 1.165) is 16.5 Å². The van der Waals surface area contributed by atoms with Crippen LogP contribution in [0.25, 0.3) is 21.9 Å². The largest absolute Gasteiger partial charge is 0.493 e. The lowest BCUT2D eigenvalue weighted by Crippen LogP contribution is -2.36.